The molecular weight excluding hydrogens is 336 g/mol. The number of hydrogen-bond acceptors (Lipinski definition) is 3. The summed E-state index contributed by atoms with van der Waals surface area (Å²) in [6.07, 6.45) is 13.7. The Kier molecular flexibility index (Phi) is 6.16. The number of aryl methyl sites for hydroxylation is 1. The van der Waals surface area contributed by atoms with Gasteiger partial charge in [0.2, 0.25) is 0 Å². The van der Waals surface area contributed by atoms with Gasteiger partial charge in [0.25, 0.3) is 5.91 Å². The molecule has 1 saturated heterocycles. The minimum Gasteiger partial charge on any atom is -0.337 e. The number of rotatable bonds is 5. The lowest BCUT2D eigenvalue weighted by molar-refractivity contribution is 0.0716. The fourth-order valence-corrected chi connectivity index (χ4v) is 5.27. The van der Waals surface area contributed by atoms with Gasteiger partial charge in [0.1, 0.15) is 0 Å². The number of hydrogen-bond donors (Lipinski definition) is 1. The van der Waals surface area contributed by atoms with Crippen LogP contribution < -0.4 is 5.32 Å². The zero-order chi connectivity index (χ0) is 18.6. The third-order valence-corrected chi connectivity index (χ3v) is 6.91. The molecule has 0 spiro atoms. The van der Waals surface area contributed by atoms with Crippen molar-refractivity contribution in [3.8, 4) is 0 Å². The maximum Gasteiger partial charge on any atom is 0.274 e. The van der Waals surface area contributed by atoms with E-state index in [0.29, 0.717) is 6.04 Å². The van der Waals surface area contributed by atoms with E-state index in [2.05, 4.69) is 16.9 Å². The fraction of sp³-hybridized carbons (Fsp3) is 0.818. The summed E-state index contributed by atoms with van der Waals surface area (Å²) in [6, 6.07) is 0.502. The van der Waals surface area contributed by atoms with E-state index < -0.39 is 0 Å². The second kappa shape index (κ2) is 8.76. The number of carbonyl (C=O) groups is 1. The molecule has 0 radical (unpaired) electrons. The Balaban J connectivity index is 1.45. The Morgan fingerprint density at radius 2 is 1.81 bits per heavy atom. The SMILES string of the molecule is CCn1nc(C(=O)N2CCCCC2)c2c1CCC(NCC1CCCCC1)C2. The second-order valence-electron chi connectivity index (χ2n) is 8.79. The number of fused-ring (bicyclic) bond motifs is 1. The van der Waals surface area contributed by atoms with E-state index >= 15 is 0 Å². The molecule has 0 bridgehead atoms. The van der Waals surface area contributed by atoms with Gasteiger partial charge in [-0.2, -0.15) is 5.10 Å². The predicted molar refractivity (Wildman–Crippen MR) is 108 cm³/mol. The number of likely N-dealkylation sites (tertiary alicyclic amines) is 1. The van der Waals surface area contributed by atoms with Crippen LogP contribution in [0.5, 0.6) is 0 Å². The van der Waals surface area contributed by atoms with Gasteiger partial charge in [-0.15, -0.1) is 0 Å². The third-order valence-electron chi connectivity index (χ3n) is 6.91. The molecule has 1 aromatic rings. The molecule has 2 fully saturated rings. The van der Waals surface area contributed by atoms with E-state index in [1.165, 1.54) is 56.2 Å². The number of aromatic nitrogens is 2. The Morgan fingerprint density at radius 1 is 1.07 bits per heavy atom. The van der Waals surface area contributed by atoms with Crippen molar-refractivity contribution in [3.63, 3.8) is 0 Å². The lowest BCUT2D eigenvalue weighted by atomic mass is 9.87. The Bertz CT molecular complexity index is 641. The topological polar surface area (TPSA) is 50.2 Å². The quantitative estimate of drug-likeness (QED) is 0.860. The molecule has 1 N–H and O–H groups in total. The minimum absolute atomic E-state index is 0.172. The minimum atomic E-state index is 0.172. The lowest BCUT2D eigenvalue weighted by Gasteiger charge is -2.29. The highest BCUT2D eigenvalue weighted by Crippen LogP contribution is 2.28. The molecule has 5 heteroatoms. The molecule has 27 heavy (non-hydrogen) atoms. The van der Waals surface area contributed by atoms with Crippen molar-refractivity contribution in [1.82, 2.24) is 20.0 Å². The van der Waals surface area contributed by atoms with Crippen LogP contribution in [0.25, 0.3) is 0 Å². The van der Waals surface area contributed by atoms with E-state index in [1.54, 1.807) is 0 Å². The summed E-state index contributed by atoms with van der Waals surface area (Å²) in [5.41, 5.74) is 3.30. The van der Waals surface area contributed by atoms with E-state index in [4.69, 9.17) is 5.10 Å². The van der Waals surface area contributed by atoms with Gasteiger partial charge in [-0.3, -0.25) is 9.48 Å². The van der Waals surface area contributed by atoms with Crippen LogP contribution in [0.3, 0.4) is 0 Å². The summed E-state index contributed by atoms with van der Waals surface area (Å²) >= 11 is 0. The van der Waals surface area contributed by atoms with Crippen LogP contribution in [0.1, 0.15) is 86.5 Å². The molecule has 1 saturated carbocycles. The first-order valence-electron chi connectivity index (χ1n) is 11.4. The second-order valence-corrected chi connectivity index (χ2v) is 8.79. The summed E-state index contributed by atoms with van der Waals surface area (Å²) in [4.78, 5) is 15.2. The molecule has 3 aliphatic rings. The molecule has 4 rings (SSSR count). The summed E-state index contributed by atoms with van der Waals surface area (Å²) in [5, 5.41) is 8.61. The summed E-state index contributed by atoms with van der Waals surface area (Å²) in [5.74, 6) is 1.03. The van der Waals surface area contributed by atoms with Gasteiger partial charge < -0.3 is 10.2 Å². The maximum absolute atomic E-state index is 13.1. The van der Waals surface area contributed by atoms with Gasteiger partial charge in [0.05, 0.1) is 0 Å². The molecule has 0 aromatic carbocycles. The highest BCUT2D eigenvalue weighted by molar-refractivity contribution is 5.94. The molecule has 1 aliphatic heterocycles. The van der Waals surface area contributed by atoms with Gasteiger partial charge in [0, 0.05) is 36.9 Å². The van der Waals surface area contributed by atoms with Crippen LogP contribution >= 0.6 is 0 Å². The first-order chi connectivity index (χ1) is 13.3. The van der Waals surface area contributed by atoms with Crippen molar-refractivity contribution in [2.45, 2.75) is 90.1 Å². The lowest BCUT2D eigenvalue weighted by Crippen LogP contribution is -2.39. The number of nitrogens with one attached hydrogen (secondary N) is 1. The molecule has 1 unspecified atom stereocenters. The van der Waals surface area contributed by atoms with Crippen LogP contribution in [-0.2, 0) is 19.4 Å². The zero-order valence-electron chi connectivity index (χ0n) is 17.0. The first-order valence-corrected chi connectivity index (χ1v) is 11.4. The van der Waals surface area contributed by atoms with Gasteiger partial charge in [-0.05, 0) is 70.8 Å². The molecule has 5 nitrogen and oxygen atoms in total. The van der Waals surface area contributed by atoms with Gasteiger partial charge in [-0.1, -0.05) is 19.3 Å². The normalized spacial score (nSPS) is 24.0. The van der Waals surface area contributed by atoms with Crippen molar-refractivity contribution in [2.24, 2.45) is 5.92 Å². The van der Waals surface area contributed by atoms with Crippen LogP contribution in [0.15, 0.2) is 0 Å². The van der Waals surface area contributed by atoms with Gasteiger partial charge in [0.15, 0.2) is 5.69 Å². The van der Waals surface area contributed by atoms with Crippen LogP contribution in [0, 0.1) is 5.92 Å². The van der Waals surface area contributed by atoms with E-state index in [9.17, 15) is 4.79 Å². The van der Waals surface area contributed by atoms with Crippen LogP contribution in [-0.4, -0.2) is 46.3 Å². The van der Waals surface area contributed by atoms with Crippen LogP contribution in [0.2, 0.25) is 0 Å². The zero-order valence-corrected chi connectivity index (χ0v) is 17.0. The smallest absolute Gasteiger partial charge is 0.274 e. The Hall–Kier alpha value is -1.36. The number of carbonyl (C=O) groups excluding carboxylic acids is 1. The molecular formula is C22H36N4O. The van der Waals surface area contributed by atoms with Crippen molar-refractivity contribution >= 4 is 5.91 Å². The monoisotopic (exact) mass is 372 g/mol. The number of piperidine rings is 1. The largest absolute Gasteiger partial charge is 0.337 e. The van der Waals surface area contributed by atoms with Crippen LogP contribution in [0.4, 0.5) is 0 Å². The van der Waals surface area contributed by atoms with Gasteiger partial charge >= 0.3 is 0 Å². The van der Waals surface area contributed by atoms with E-state index in [-0.39, 0.29) is 5.91 Å². The molecule has 1 amide bonds. The molecule has 150 valence electrons. The van der Waals surface area contributed by atoms with Crippen molar-refractivity contribution in [3.05, 3.63) is 17.0 Å². The average molecular weight is 373 g/mol. The predicted octanol–water partition coefficient (Wildman–Crippen LogP) is 3.56. The van der Waals surface area contributed by atoms with Crippen molar-refractivity contribution < 1.29 is 4.79 Å². The molecule has 1 aromatic heterocycles. The number of nitrogens with zero attached hydrogens (tertiary/aromatic N) is 3. The molecule has 2 heterocycles. The first kappa shape index (κ1) is 19.0. The Morgan fingerprint density at radius 3 is 2.56 bits per heavy atom. The van der Waals surface area contributed by atoms with E-state index in [0.717, 1.165) is 63.5 Å². The summed E-state index contributed by atoms with van der Waals surface area (Å²) in [6.45, 7) is 5.94. The Labute approximate surface area is 163 Å². The highest BCUT2D eigenvalue weighted by atomic mass is 16.2. The summed E-state index contributed by atoms with van der Waals surface area (Å²) < 4.78 is 2.09. The average Bonchev–Trinajstić information content (AvgIpc) is 3.11. The highest BCUT2D eigenvalue weighted by Gasteiger charge is 2.31. The maximum atomic E-state index is 13.1. The molecule has 1 atom stereocenters. The van der Waals surface area contributed by atoms with Crippen molar-refractivity contribution in [1.29, 1.82) is 0 Å². The van der Waals surface area contributed by atoms with Crippen molar-refractivity contribution in [2.75, 3.05) is 19.6 Å². The van der Waals surface area contributed by atoms with Gasteiger partial charge in [-0.25, -0.2) is 0 Å². The van der Waals surface area contributed by atoms with E-state index in [1.807, 2.05) is 4.90 Å². The third kappa shape index (κ3) is 4.23. The standard InChI is InChI=1S/C22H36N4O/c1-2-26-20-12-11-18(23-16-17-9-5-3-6-10-17)15-19(20)21(24-26)22(27)25-13-7-4-8-14-25/h17-18,23H,2-16H2,1H3. The molecule has 2 aliphatic carbocycles. The summed E-state index contributed by atoms with van der Waals surface area (Å²) in [7, 11) is 0. The number of amides is 1. The fourth-order valence-electron chi connectivity index (χ4n) is 5.27.